The molecule has 0 aromatic heterocycles. The second kappa shape index (κ2) is 6.22. The van der Waals surface area contributed by atoms with Crippen molar-refractivity contribution in [3.05, 3.63) is 106 Å². The van der Waals surface area contributed by atoms with E-state index < -0.39 is 16.5 Å². The minimum absolute atomic E-state index is 0.0990. The molecule has 1 aliphatic rings. The van der Waals surface area contributed by atoms with Crippen LogP contribution in [0.1, 0.15) is 21.5 Å². The lowest BCUT2D eigenvalue weighted by Crippen LogP contribution is -2.50. The van der Waals surface area contributed by atoms with Gasteiger partial charge in [-0.3, -0.25) is 14.9 Å². The lowest BCUT2D eigenvalue weighted by atomic mass is 9.80. The third kappa shape index (κ3) is 2.77. The molecule has 0 aliphatic heterocycles. The lowest BCUT2D eigenvalue weighted by Gasteiger charge is -2.29. The molecular weight excluding hydrogens is 304 g/mol. The fourth-order valence-electron chi connectivity index (χ4n) is 2.82. The van der Waals surface area contributed by atoms with Gasteiger partial charge < -0.3 is 5.73 Å². The number of allylic oxidation sites excluding steroid dienone is 2. The van der Waals surface area contributed by atoms with Crippen LogP contribution >= 0.6 is 0 Å². The number of hydrogen-bond donors (Lipinski definition) is 1. The van der Waals surface area contributed by atoms with Gasteiger partial charge in [0, 0.05) is 16.1 Å². The molecule has 0 bridgehead atoms. The Bertz CT molecular complexity index is 825. The number of nitrogens with two attached hydrogens (primary N) is 1. The zero-order valence-corrected chi connectivity index (χ0v) is 12.8. The summed E-state index contributed by atoms with van der Waals surface area (Å²) in [6, 6.07) is 14.6. The minimum Gasteiger partial charge on any atom is -0.312 e. The Morgan fingerprint density at radius 1 is 1.00 bits per heavy atom. The van der Waals surface area contributed by atoms with E-state index in [0.29, 0.717) is 16.7 Å². The maximum absolute atomic E-state index is 12.4. The SMILES string of the molecule is NC1(c2ccc(C(=O)c3ccccc3)cc2)C=CC=CC1[N+](=O)[O-]. The lowest BCUT2D eigenvalue weighted by molar-refractivity contribution is -0.519. The summed E-state index contributed by atoms with van der Waals surface area (Å²) in [5, 5.41) is 11.3. The summed E-state index contributed by atoms with van der Waals surface area (Å²) in [6.07, 6.45) is 6.41. The zero-order valence-electron chi connectivity index (χ0n) is 12.8. The van der Waals surface area contributed by atoms with Gasteiger partial charge in [0.25, 0.3) is 6.04 Å². The first-order valence-electron chi connectivity index (χ1n) is 7.51. The maximum Gasteiger partial charge on any atom is 0.256 e. The zero-order chi connectivity index (χ0) is 17.2. The van der Waals surface area contributed by atoms with Crippen molar-refractivity contribution in [3.63, 3.8) is 0 Å². The summed E-state index contributed by atoms with van der Waals surface area (Å²) < 4.78 is 0. The second-order valence-electron chi connectivity index (χ2n) is 5.68. The Labute approximate surface area is 139 Å². The number of nitro groups is 1. The van der Waals surface area contributed by atoms with Crippen LogP contribution in [-0.4, -0.2) is 16.7 Å². The van der Waals surface area contributed by atoms with Gasteiger partial charge in [0.15, 0.2) is 5.78 Å². The van der Waals surface area contributed by atoms with E-state index in [2.05, 4.69) is 0 Å². The molecule has 0 heterocycles. The van der Waals surface area contributed by atoms with E-state index in [1.54, 1.807) is 66.8 Å². The van der Waals surface area contributed by atoms with Crippen LogP contribution in [0.2, 0.25) is 0 Å². The van der Waals surface area contributed by atoms with E-state index in [-0.39, 0.29) is 5.78 Å². The smallest absolute Gasteiger partial charge is 0.256 e. The van der Waals surface area contributed by atoms with E-state index >= 15 is 0 Å². The molecular formula is C19H16N2O3. The van der Waals surface area contributed by atoms with Gasteiger partial charge in [0.2, 0.25) is 0 Å². The van der Waals surface area contributed by atoms with Crippen molar-refractivity contribution in [1.29, 1.82) is 0 Å². The molecule has 0 amide bonds. The highest BCUT2D eigenvalue weighted by Crippen LogP contribution is 2.29. The predicted octanol–water partition coefficient (Wildman–Crippen LogP) is 2.84. The number of rotatable bonds is 4. The molecule has 2 N–H and O–H groups in total. The molecule has 2 atom stereocenters. The summed E-state index contributed by atoms with van der Waals surface area (Å²) >= 11 is 0. The van der Waals surface area contributed by atoms with Crippen molar-refractivity contribution in [2.45, 2.75) is 11.6 Å². The standard InChI is InChI=1S/C19H16N2O3/c20-19(13-5-4-8-17(19)21(23)24)16-11-9-15(10-12-16)18(22)14-6-2-1-3-7-14/h1-13,17H,20H2. The van der Waals surface area contributed by atoms with Crippen LogP contribution in [0.5, 0.6) is 0 Å². The molecule has 5 nitrogen and oxygen atoms in total. The summed E-state index contributed by atoms with van der Waals surface area (Å²) in [5.74, 6) is -0.0990. The molecule has 0 spiro atoms. The average Bonchev–Trinajstić information content (AvgIpc) is 2.62. The first-order chi connectivity index (χ1) is 11.5. The van der Waals surface area contributed by atoms with Gasteiger partial charge in [0.05, 0.1) is 0 Å². The van der Waals surface area contributed by atoms with Crippen LogP contribution in [0, 0.1) is 10.1 Å². The minimum atomic E-state index is -1.23. The number of hydrogen-bond acceptors (Lipinski definition) is 4. The number of benzene rings is 2. The molecule has 0 saturated heterocycles. The molecule has 0 saturated carbocycles. The number of nitrogens with zero attached hydrogens (tertiary/aromatic N) is 1. The topological polar surface area (TPSA) is 86.2 Å². The van der Waals surface area contributed by atoms with Gasteiger partial charge in [-0.15, -0.1) is 0 Å². The molecule has 24 heavy (non-hydrogen) atoms. The highest BCUT2D eigenvalue weighted by Gasteiger charge is 2.42. The normalized spacial score (nSPS) is 22.3. The van der Waals surface area contributed by atoms with E-state index in [4.69, 9.17) is 5.73 Å². The predicted molar refractivity (Wildman–Crippen MR) is 91.2 cm³/mol. The number of ketones is 1. The maximum atomic E-state index is 12.4. The van der Waals surface area contributed by atoms with Crippen LogP contribution < -0.4 is 5.73 Å². The fourth-order valence-corrected chi connectivity index (χ4v) is 2.82. The van der Waals surface area contributed by atoms with Crippen molar-refractivity contribution in [3.8, 4) is 0 Å². The monoisotopic (exact) mass is 320 g/mol. The Hall–Kier alpha value is -3.05. The fraction of sp³-hybridized carbons (Fsp3) is 0.105. The highest BCUT2D eigenvalue weighted by molar-refractivity contribution is 6.08. The van der Waals surface area contributed by atoms with E-state index in [1.165, 1.54) is 6.08 Å². The van der Waals surface area contributed by atoms with Gasteiger partial charge in [-0.2, -0.15) is 0 Å². The molecule has 3 rings (SSSR count). The summed E-state index contributed by atoms with van der Waals surface area (Å²) in [4.78, 5) is 23.3. The third-order valence-electron chi connectivity index (χ3n) is 4.18. The first-order valence-corrected chi connectivity index (χ1v) is 7.51. The average molecular weight is 320 g/mol. The van der Waals surface area contributed by atoms with Crippen LogP contribution in [-0.2, 0) is 5.54 Å². The summed E-state index contributed by atoms with van der Waals surface area (Å²) in [6.45, 7) is 0. The first kappa shape index (κ1) is 15.8. The van der Waals surface area contributed by atoms with Crippen molar-refractivity contribution >= 4 is 5.78 Å². The van der Waals surface area contributed by atoms with E-state index in [9.17, 15) is 14.9 Å². The van der Waals surface area contributed by atoms with Crippen molar-refractivity contribution in [2.24, 2.45) is 5.73 Å². The van der Waals surface area contributed by atoms with Gasteiger partial charge in [-0.1, -0.05) is 72.8 Å². The number of carbonyl (C=O) groups excluding carboxylic acids is 1. The largest absolute Gasteiger partial charge is 0.312 e. The van der Waals surface area contributed by atoms with Crippen molar-refractivity contribution < 1.29 is 9.72 Å². The van der Waals surface area contributed by atoms with Crippen molar-refractivity contribution in [2.75, 3.05) is 0 Å². The molecule has 0 fully saturated rings. The van der Waals surface area contributed by atoms with E-state index in [1.807, 2.05) is 6.07 Å². The van der Waals surface area contributed by atoms with Gasteiger partial charge in [-0.05, 0) is 11.6 Å². The molecule has 2 unspecified atom stereocenters. The number of carbonyl (C=O) groups is 1. The van der Waals surface area contributed by atoms with Gasteiger partial charge in [-0.25, -0.2) is 0 Å². The van der Waals surface area contributed by atoms with E-state index in [0.717, 1.165) is 0 Å². The molecule has 120 valence electrons. The second-order valence-corrected chi connectivity index (χ2v) is 5.68. The van der Waals surface area contributed by atoms with Crippen molar-refractivity contribution in [1.82, 2.24) is 0 Å². The van der Waals surface area contributed by atoms with Crippen LogP contribution in [0.25, 0.3) is 0 Å². The molecule has 0 radical (unpaired) electrons. The summed E-state index contributed by atoms with van der Waals surface area (Å²) in [5.41, 5.74) is 6.77. The molecule has 1 aliphatic carbocycles. The third-order valence-corrected chi connectivity index (χ3v) is 4.18. The Balaban J connectivity index is 1.92. The Morgan fingerprint density at radius 2 is 1.62 bits per heavy atom. The molecule has 2 aromatic carbocycles. The van der Waals surface area contributed by atoms with Crippen LogP contribution in [0.3, 0.4) is 0 Å². The Morgan fingerprint density at radius 3 is 2.25 bits per heavy atom. The van der Waals surface area contributed by atoms with Gasteiger partial charge >= 0.3 is 0 Å². The Kier molecular flexibility index (Phi) is 4.10. The van der Waals surface area contributed by atoms with Crippen LogP contribution in [0.4, 0.5) is 0 Å². The molecule has 2 aromatic rings. The summed E-state index contributed by atoms with van der Waals surface area (Å²) in [7, 11) is 0. The highest BCUT2D eigenvalue weighted by atomic mass is 16.6. The van der Waals surface area contributed by atoms with Crippen LogP contribution in [0.15, 0.2) is 78.9 Å². The van der Waals surface area contributed by atoms with Gasteiger partial charge in [0.1, 0.15) is 5.54 Å². The molecule has 5 heteroatoms. The quantitative estimate of drug-likeness (QED) is 0.533.